The highest BCUT2D eigenvalue weighted by molar-refractivity contribution is 14.1. The molecule has 1 unspecified atom stereocenters. The summed E-state index contributed by atoms with van der Waals surface area (Å²) in [5.41, 5.74) is 1.46. The molecule has 0 aromatic heterocycles. The predicted molar refractivity (Wildman–Crippen MR) is 84.7 cm³/mol. The van der Waals surface area contributed by atoms with Crippen molar-refractivity contribution in [3.05, 3.63) is 27.8 Å². The fraction of sp³-hybridized carbons (Fsp3) is 0.600. The van der Waals surface area contributed by atoms with E-state index in [0.717, 1.165) is 26.2 Å². The van der Waals surface area contributed by atoms with Crippen molar-refractivity contribution < 1.29 is 4.74 Å². The van der Waals surface area contributed by atoms with Crippen LogP contribution in [0.15, 0.2) is 24.3 Å². The van der Waals surface area contributed by atoms with Gasteiger partial charge in [0.1, 0.15) is 5.60 Å². The van der Waals surface area contributed by atoms with Crippen LogP contribution in [0, 0.1) is 3.57 Å². The SMILES string of the molecule is Ic1ccc(N2CC3(C2)OCCN2CCCC23)cc1. The third-order valence-corrected chi connectivity index (χ3v) is 5.57. The lowest BCUT2D eigenvalue weighted by molar-refractivity contribution is -0.149. The van der Waals surface area contributed by atoms with E-state index in [1.807, 2.05) is 0 Å². The Labute approximate surface area is 128 Å². The van der Waals surface area contributed by atoms with Crippen LogP contribution >= 0.6 is 22.6 Å². The number of fused-ring (bicyclic) bond motifs is 2. The van der Waals surface area contributed by atoms with Gasteiger partial charge in [-0.25, -0.2) is 0 Å². The van der Waals surface area contributed by atoms with E-state index in [0.29, 0.717) is 6.04 Å². The lowest BCUT2D eigenvalue weighted by Crippen LogP contribution is -2.73. The Kier molecular flexibility index (Phi) is 3.01. The molecule has 0 aliphatic carbocycles. The number of nitrogens with zero attached hydrogens (tertiary/aromatic N) is 2. The minimum Gasteiger partial charge on any atom is -0.368 e. The topological polar surface area (TPSA) is 15.7 Å². The van der Waals surface area contributed by atoms with Crippen molar-refractivity contribution >= 4 is 28.3 Å². The Morgan fingerprint density at radius 3 is 2.74 bits per heavy atom. The molecule has 1 atom stereocenters. The van der Waals surface area contributed by atoms with Gasteiger partial charge in [0.25, 0.3) is 0 Å². The smallest absolute Gasteiger partial charge is 0.118 e. The molecule has 1 aromatic carbocycles. The summed E-state index contributed by atoms with van der Waals surface area (Å²) >= 11 is 2.36. The van der Waals surface area contributed by atoms with Crippen LogP contribution in [0.5, 0.6) is 0 Å². The van der Waals surface area contributed by atoms with E-state index in [1.54, 1.807) is 0 Å². The monoisotopic (exact) mass is 370 g/mol. The summed E-state index contributed by atoms with van der Waals surface area (Å²) in [6.45, 7) is 5.45. The van der Waals surface area contributed by atoms with E-state index < -0.39 is 0 Å². The predicted octanol–water partition coefficient (Wildman–Crippen LogP) is 2.34. The van der Waals surface area contributed by atoms with Gasteiger partial charge < -0.3 is 9.64 Å². The van der Waals surface area contributed by atoms with Gasteiger partial charge in [-0.15, -0.1) is 0 Å². The second kappa shape index (κ2) is 4.60. The van der Waals surface area contributed by atoms with Gasteiger partial charge in [0.15, 0.2) is 0 Å². The van der Waals surface area contributed by atoms with Crippen LogP contribution in [0.1, 0.15) is 12.8 Å². The molecule has 4 heteroatoms. The van der Waals surface area contributed by atoms with Gasteiger partial charge in [-0.05, 0) is 66.2 Å². The lowest BCUT2D eigenvalue weighted by Gasteiger charge is -2.57. The van der Waals surface area contributed by atoms with Crippen LogP contribution in [-0.4, -0.2) is 49.3 Å². The standard InChI is InChI=1S/C15H19IN2O/c16-12-3-5-13(6-4-12)18-10-15(11-18)14-2-1-7-17(14)8-9-19-15/h3-6,14H,1-2,7-11H2. The maximum absolute atomic E-state index is 6.21. The number of ether oxygens (including phenoxy) is 1. The molecule has 102 valence electrons. The Bertz CT molecular complexity index is 470. The zero-order chi connectivity index (χ0) is 12.9. The van der Waals surface area contributed by atoms with Gasteiger partial charge in [0, 0.05) is 21.8 Å². The van der Waals surface area contributed by atoms with Gasteiger partial charge >= 0.3 is 0 Å². The summed E-state index contributed by atoms with van der Waals surface area (Å²) in [7, 11) is 0. The maximum atomic E-state index is 6.21. The number of anilines is 1. The molecule has 19 heavy (non-hydrogen) atoms. The van der Waals surface area contributed by atoms with Crippen molar-refractivity contribution in [3.63, 3.8) is 0 Å². The number of morpholine rings is 1. The summed E-state index contributed by atoms with van der Waals surface area (Å²) in [6.07, 6.45) is 2.67. The van der Waals surface area contributed by atoms with E-state index in [-0.39, 0.29) is 5.60 Å². The Balaban J connectivity index is 1.50. The number of hydrogen-bond donors (Lipinski definition) is 0. The van der Waals surface area contributed by atoms with Gasteiger partial charge in [-0.3, -0.25) is 4.90 Å². The molecule has 0 amide bonds. The fourth-order valence-electron chi connectivity index (χ4n) is 3.89. The van der Waals surface area contributed by atoms with Crippen molar-refractivity contribution in [2.75, 3.05) is 37.7 Å². The summed E-state index contributed by atoms with van der Waals surface area (Å²) in [5, 5.41) is 0. The average Bonchev–Trinajstić information content (AvgIpc) is 2.85. The van der Waals surface area contributed by atoms with Gasteiger partial charge in [-0.2, -0.15) is 0 Å². The zero-order valence-electron chi connectivity index (χ0n) is 11.0. The molecule has 3 saturated heterocycles. The van der Waals surface area contributed by atoms with E-state index in [4.69, 9.17) is 4.74 Å². The Morgan fingerprint density at radius 1 is 1.16 bits per heavy atom. The first kappa shape index (κ1) is 12.4. The van der Waals surface area contributed by atoms with Gasteiger partial charge in [0.2, 0.25) is 0 Å². The minimum atomic E-state index is 0.123. The first-order valence-corrected chi connectivity index (χ1v) is 8.23. The van der Waals surface area contributed by atoms with Crippen LogP contribution in [0.3, 0.4) is 0 Å². The van der Waals surface area contributed by atoms with Crippen LogP contribution in [-0.2, 0) is 4.74 Å². The Morgan fingerprint density at radius 2 is 1.95 bits per heavy atom. The number of hydrogen-bond acceptors (Lipinski definition) is 3. The molecule has 0 radical (unpaired) electrons. The summed E-state index contributed by atoms with van der Waals surface area (Å²) < 4.78 is 7.50. The first-order valence-electron chi connectivity index (χ1n) is 7.15. The van der Waals surface area contributed by atoms with Crippen molar-refractivity contribution in [3.8, 4) is 0 Å². The highest BCUT2D eigenvalue weighted by Gasteiger charge is 2.55. The van der Waals surface area contributed by atoms with Crippen LogP contribution < -0.4 is 4.90 Å². The molecule has 3 nitrogen and oxygen atoms in total. The summed E-state index contributed by atoms with van der Waals surface area (Å²) in [4.78, 5) is 5.10. The van der Waals surface area contributed by atoms with Crippen LogP contribution in [0.2, 0.25) is 0 Å². The number of rotatable bonds is 1. The van der Waals surface area contributed by atoms with E-state index >= 15 is 0 Å². The fourth-order valence-corrected chi connectivity index (χ4v) is 4.25. The molecule has 0 saturated carbocycles. The summed E-state index contributed by atoms with van der Waals surface area (Å²) in [6, 6.07) is 9.49. The Hall–Kier alpha value is -0.330. The van der Waals surface area contributed by atoms with Crippen molar-refractivity contribution in [1.29, 1.82) is 0 Å². The normalized spacial score (nSPS) is 29.3. The highest BCUT2D eigenvalue weighted by Crippen LogP contribution is 2.41. The molecular formula is C15H19IN2O. The van der Waals surface area contributed by atoms with Crippen molar-refractivity contribution in [2.24, 2.45) is 0 Å². The van der Waals surface area contributed by atoms with E-state index in [9.17, 15) is 0 Å². The molecule has 0 N–H and O–H groups in total. The highest BCUT2D eigenvalue weighted by atomic mass is 127. The number of halogens is 1. The zero-order valence-corrected chi connectivity index (χ0v) is 13.2. The first-order chi connectivity index (χ1) is 9.27. The average molecular weight is 370 g/mol. The molecule has 0 bridgehead atoms. The number of benzene rings is 1. The third-order valence-electron chi connectivity index (χ3n) is 4.85. The quantitative estimate of drug-likeness (QED) is 0.706. The molecule has 1 spiro atoms. The molecule has 1 aromatic rings. The molecule has 3 heterocycles. The van der Waals surface area contributed by atoms with Crippen LogP contribution in [0.25, 0.3) is 0 Å². The van der Waals surface area contributed by atoms with Crippen LogP contribution in [0.4, 0.5) is 5.69 Å². The third kappa shape index (κ3) is 1.99. The molecule has 3 aliphatic rings. The van der Waals surface area contributed by atoms with Crippen molar-refractivity contribution in [2.45, 2.75) is 24.5 Å². The van der Waals surface area contributed by atoms with Gasteiger partial charge in [-0.1, -0.05) is 0 Å². The van der Waals surface area contributed by atoms with Gasteiger partial charge in [0.05, 0.1) is 19.7 Å². The second-order valence-corrected chi connectivity index (χ2v) is 7.19. The van der Waals surface area contributed by atoms with E-state index in [1.165, 1.54) is 28.6 Å². The molecule has 4 rings (SSSR count). The molecule has 3 aliphatic heterocycles. The molecular weight excluding hydrogens is 351 g/mol. The lowest BCUT2D eigenvalue weighted by atomic mass is 9.82. The maximum Gasteiger partial charge on any atom is 0.118 e. The minimum absolute atomic E-state index is 0.123. The molecule has 3 fully saturated rings. The second-order valence-electron chi connectivity index (χ2n) is 5.94. The van der Waals surface area contributed by atoms with E-state index in [2.05, 4.69) is 56.7 Å². The van der Waals surface area contributed by atoms with Crippen molar-refractivity contribution in [1.82, 2.24) is 4.90 Å². The summed E-state index contributed by atoms with van der Waals surface area (Å²) in [5.74, 6) is 0. The largest absolute Gasteiger partial charge is 0.368 e.